The zero-order chi connectivity index (χ0) is 13.7. The Kier molecular flexibility index (Phi) is 4.25. The molecule has 0 amide bonds. The fourth-order valence-corrected chi connectivity index (χ4v) is 1.44. The normalized spacial score (nSPS) is 8.89. The molecule has 0 spiro atoms. The van der Waals surface area contributed by atoms with Gasteiger partial charge in [-0.15, -0.1) is 0 Å². The second kappa shape index (κ2) is 5.67. The molecular formula is C11H7ClN4O2. The van der Waals surface area contributed by atoms with Crippen LogP contribution in [0.4, 0.5) is 11.4 Å². The molecule has 1 N–H and O–H groups in total. The van der Waals surface area contributed by atoms with Crippen LogP contribution in [0.5, 0.6) is 0 Å². The Hall–Kier alpha value is -2.57. The Bertz CT molecular complexity index is 595. The molecule has 0 aliphatic carbocycles. The SMILES string of the molecule is Cc1c(NC=C(C#N)C#N)ccc([N+](=O)[O-])c1Cl. The van der Waals surface area contributed by atoms with E-state index in [0.717, 1.165) is 0 Å². The second-order valence-corrected chi connectivity index (χ2v) is 3.63. The molecule has 1 aromatic rings. The maximum atomic E-state index is 10.6. The summed E-state index contributed by atoms with van der Waals surface area (Å²) >= 11 is 5.84. The van der Waals surface area contributed by atoms with Crippen molar-refractivity contribution in [2.75, 3.05) is 5.32 Å². The van der Waals surface area contributed by atoms with Gasteiger partial charge < -0.3 is 5.32 Å². The molecule has 90 valence electrons. The Labute approximate surface area is 108 Å². The highest BCUT2D eigenvalue weighted by Gasteiger charge is 2.16. The van der Waals surface area contributed by atoms with Gasteiger partial charge in [-0.05, 0) is 18.6 Å². The number of nitriles is 2. The highest BCUT2D eigenvalue weighted by molar-refractivity contribution is 6.33. The van der Waals surface area contributed by atoms with Crippen molar-refractivity contribution in [3.8, 4) is 12.1 Å². The summed E-state index contributed by atoms with van der Waals surface area (Å²) in [7, 11) is 0. The molecule has 6 nitrogen and oxygen atoms in total. The number of hydrogen-bond donors (Lipinski definition) is 1. The summed E-state index contributed by atoms with van der Waals surface area (Å²) in [5.74, 6) is 0. The molecule has 0 aromatic heterocycles. The van der Waals surface area contributed by atoms with E-state index < -0.39 is 4.92 Å². The highest BCUT2D eigenvalue weighted by atomic mass is 35.5. The van der Waals surface area contributed by atoms with E-state index in [0.29, 0.717) is 11.3 Å². The zero-order valence-corrected chi connectivity index (χ0v) is 10.0. The van der Waals surface area contributed by atoms with E-state index in [2.05, 4.69) is 5.32 Å². The molecular weight excluding hydrogens is 256 g/mol. The number of nitrogens with one attached hydrogen (secondary N) is 1. The van der Waals surface area contributed by atoms with Crippen molar-refractivity contribution in [1.29, 1.82) is 10.5 Å². The van der Waals surface area contributed by atoms with Crippen molar-refractivity contribution in [3.05, 3.63) is 44.6 Å². The van der Waals surface area contributed by atoms with Gasteiger partial charge in [-0.1, -0.05) is 11.6 Å². The number of anilines is 1. The molecule has 18 heavy (non-hydrogen) atoms. The van der Waals surface area contributed by atoms with Gasteiger partial charge in [0.1, 0.15) is 22.7 Å². The van der Waals surface area contributed by atoms with Crippen LogP contribution in [0.15, 0.2) is 23.9 Å². The average molecular weight is 263 g/mol. The first-order valence-corrected chi connectivity index (χ1v) is 5.09. The third-order valence-corrected chi connectivity index (χ3v) is 2.65. The maximum Gasteiger partial charge on any atom is 0.288 e. The number of halogens is 1. The van der Waals surface area contributed by atoms with E-state index in [9.17, 15) is 10.1 Å². The summed E-state index contributed by atoms with van der Waals surface area (Å²) in [6, 6.07) is 6.08. The lowest BCUT2D eigenvalue weighted by molar-refractivity contribution is -0.384. The van der Waals surface area contributed by atoms with Gasteiger partial charge in [-0.3, -0.25) is 10.1 Å². The number of rotatable bonds is 3. The van der Waals surface area contributed by atoms with Crippen LogP contribution < -0.4 is 5.32 Å². The van der Waals surface area contributed by atoms with Crippen LogP contribution in [0, 0.1) is 39.7 Å². The van der Waals surface area contributed by atoms with E-state index in [1.807, 2.05) is 0 Å². The molecule has 0 bridgehead atoms. The number of hydrogen-bond acceptors (Lipinski definition) is 5. The van der Waals surface area contributed by atoms with Crippen LogP contribution in [0.1, 0.15) is 5.56 Å². The minimum Gasteiger partial charge on any atom is -0.360 e. The predicted molar refractivity (Wildman–Crippen MR) is 65.8 cm³/mol. The maximum absolute atomic E-state index is 10.6. The van der Waals surface area contributed by atoms with E-state index >= 15 is 0 Å². The van der Waals surface area contributed by atoms with Crippen molar-refractivity contribution in [2.24, 2.45) is 0 Å². The first-order valence-electron chi connectivity index (χ1n) is 4.71. The van der Waals surface area contributed by atoms with Crippen LogP contribution >= 0.6 is 11.6 Å². The van der Waals surface area contributed by atoms with Crippen molar-refractivity contribution >= 4 is 23.0 Å². The summed E-state index contributed by atoms with van der Waals surface area (Å²) in [5, 5.41) is 30.5. The van der Waals surface area contributed by atoms with Crippen LogP contribution in [-0.2, 0) is 0 Å². The van der Waals surface area contributed by atoms with E-state index in [-0.39, 0.29) is 16.3 Å². The lowest BCUT2D eigenvalue weighted by Gasteiger charge is -2.07. The molecule has 0 saturated carbocycles. The van der Waals surface area contributed by atoms with Gasteiger partial charge in [0.25, 0.3) is 5.69 Å². The van der Waals surface area contributed by atoms with Gasteiger partial charge in [0.05, 0.1) is 4.92 Å². The molecule has 0 heterocycles. The van der Waals surface area contributed by atoms with Gasteiger partial charge in [-0.2, -0.15) is 10.5 Å². The minimum absolute atomic E-state index is 0.0221. The summed E-state index contributed by atoms with van der Waals surface area (Å²) < 4.78 is 0. The third-order valence-electron chi connectivity index (χ3n) is 2.18. The summed E-state index contributed by atoms with van der Waals surface area (Å²) in [6.07, 6.45) is 1.21. The summed E-state index contributed by atoms with van der Waals surface area (Å²) in [6.45, 7) is 1.60. The van der Waals surface area contributed by atoms with Crippen molar-refractivity contribution in [1.82, 2.24) is 0 Å². The van der Waals surface area contributed by atoms with Crippen LogP contribution in [-0.4, -0.2) is 4.92 Å². The molecule has 0 aliphatic heterocycles. The van der Waals surface area contributed by atoms with Crippen LogP contribution in [0.3, 0.4) is 0 Å². The van der Waals surface area contributed by atoms with Crippen LogP contribution in [0.2, 0.25) is 5.02 Å². The lowest BCUT2D eigenvalue weighted by Crippen LogP contribution is -1.96. The molecule has 0 fully saturated rings. The average Bonchev–Trinajstić information content (AvgIpc) is 2.35. The molecule has 0 unspecified atom stereocenters. The molecule has 7 heteroatoms. The summed E-state index contributed by atoms with van der Waals surface area (Å²) in [5.41, 5.74) is 0.666. The molecule has 0 aliphatic rings. The van der Waals surface area contributed by atoms with Crippen LogP contribution in [0.25, 0.3) is 0 Å². The summed E-state index contributed by atoms with van der Waals surface area (Å²) in [4.78, 5) is 10.1. The first-order chi connectivity index (χ1) is 8.51. The Morgan fingerprint density at radius 1 is 1.50 bits per heavy atom. The van der Waals surface area contributed by atoms with Gasteiger partial charge in [0.2, 0.25) is 0 Å². The number of allylic oxidation sites excluding steroid dienone is 1. The highest BCUT2D eigenvalue weighted by Crippen LogP contribution is 2.32. The van der Waals surface area contributed by atoms with Gasteiger partial charge in [-0.25, -0.2) is 0 Å². The fourth-order valence-electron chi connectivity index (χ4n) is 1.21. The molecule has 0 atom stereocenters. The van der Waals surface area contributed by atoms with Gasteiger partial charge >= 0.3 is 0 Å². The zero-order valence-electron chi connectivity index (χ0n) is 9.27. The predicted octanol–water partition coefficient (Wildman–Crippen LogP) is 2.90. The Morgan fingerprint density at radius 3 is 2.61 bits per heavy atom. The molecule has 0 radical (unpaired) electrons. The van der Waals surface area contributed by atoms with E-state index in [1.54, 1.807) is 19.1 Å². The standard InChI is InChI=1S/C11H7ClN4O2/c1-7-9(15-6-8(4-13)5-14)2-3-10(11(7)12)16(17)18/h2-3,6,15H,1H3. The quantitative estimate of drug-likeness (QED) is 0.512. The smallest absolute Gasteiger partial charge is 0.288 e. The number of nitro groups is 1. The van der Waals surface area contributed by atoms with Crippen molar-refractivity contribution < 1.29 is 4.92 Å². The number of benzene rings is 1. The van der Waals surface area contributed by atoms with Gasteiger partial charge in [0.15, 0.2) is 0 Å². The van der Waals surface area contributed by atoms with E-state index in [1.165, 1.54) is 18.3 Å². The first kappa shape index (κ1) is 13.5. The Balaban J connectivity index is 3.12. The minimum atomic E-state index is -0.578. The fraction of sp³-hybridized carbons (Fsp3) is 0.0909. The van der Waals surface area contributed by atoms with Crippen molar-refractivity contribution in [2.45, 2.75) is 6.92 Å². The Morgan fingerprint density at radius 2 is 2.11 bits per heavy atom. The monoisotopic (exact) mass is 262 g/mol. The largest absolute Gasteiger partial charge is 0.360 e. The molecule has 0 saturated heterocycles. The molecule has 1 rings (SSSR count). The van der Waals surface area contributed by atoms with Crippen molar-refractivity contribution in [3.63, 3.8) is 0 Å². The molecule has 1 aromatic carbocycles. The topological polar surface area (TPSA) is 103 Å². The van der Waals surface area contributed by atoms with Gasteiger partial charge in [0, 0.05) is 18.0 Å². The van der Waals surface area contributed by atoms with E-state index in [4.69, 9.17) is 22.1 Å². The second-order valence-electron chi connectivity index (χ2n) is 3.25. The third kappa shape index (κ3) is 2.76. The number of nitro benzene ring substituents is 1. The lowest BCUT2D eigenvalue weighted by atomic mass is 10.1. The number of nitrogens with zero attached hydrogens (tertiary/aromatic N) is 3.